The van der Waals surface area contributed by atoms with E-state index in [1.54, 1.807) is 6.26 Å². The zero-order chi connectivity index (χ0) is 13.4. The smallest absolute Gasteiger partial charge is 0.227 e. The lowest BCUT2D eigenvalue weighted by Gasteiger charge is -2.36. The molecule has 1 fully saturated rings. The van der Waals surface area contributed by atoms with Gasteiger partial charge in [-0.25, -0.2) is 0 Å². The van der Waals surface area contributed by atoms with E-state index in [1.165, 1.54) is 0 Å². The first-order valence-corrected chi connectivity index (χ1v) is 8.62. The van der Waals surface area contributed by atoms with Crippen LogP contribution in [0, 0.1) is 5.41 Å². The van der Waals surface area contributed by atoms with Crippen molar-refractivity contribution in [3.63, 3.8) is 0 Å². The fraction of sp³-hybridized carbons (Fsp3) is 0.923. The first-order chi connectivity index (χ1) is 8.60. The van der Waals surface area contributed by atoms with Gasteiger partial charge >= 0.3 is 0 Å². The Kier molecular flexibility index (Phi) is 6.86. The van der Waals surface area contributed by atoms with E-state index in [9.17, 15) is 9.00 Å². The van der Waals surface area contributed by atoms with Gasteiger partial charge in [0.25, 0.3) is 0 Å². The molecule has 0 aromatic carbocycles. The molecule has 1 aliphatic rings. The van der Waals surface area contributed by atoms with Crippen LogP contribution >= 0.6 is 0 Å². The molecule has 0 aromatic rings. The van der Waals surface area contributed by atoms with Crippen LogP contribution < -0.4 is 10.6 Å². The zero-order valence-electron chi connectivity index (χ0n) is 11.6. The van der Waals surface area contributed by atoms with Crippen LogP contribution in [0.5, 0.6) is 0 Å². The highest BCUT2D eigenvalue weighted by molar-refractivity contribution is 7.84. The molecule has 1 aliphatic heterocycles. The van der Waals surface area contributed by atoms with Gasteiger partial charge in [-0.15, -0.1) is 0 Å². The maximum atomic E-state index is 12.3. The Morgan fingerprint density at radius 1 is 1.50 bits per heavy atom. The fourth-order valence-electron chi connectivity index (χ4n) is 2.63. The number of piperidine rings is 1. The summed E-state index contributed by atoms with van der Waals surface area (Å²) in [4.78, 5) is 12.3. The third kappa shape index (κ3) is 4.69. The number of hydrogen-bond acceptors (Lipinski definition) is 3. The first kappa shape index (κ1) is 15.6. The number of hydrogen-bond donors (Lipinski definition) is 2. The molecule has 0 aliphatic carbocycles. The van der Waals surface area contributed by atoms with Crippen molar-refractivity contribution in [3.05, 3.63) is 0 Å². The number of amides is 1. The summed E-state index contributed by atoms with van der Waals surface area (Å²) < 4.78 is 10.9. The standard InChI is InChI=1S/C13H26N2O2S/c1-3-6-13(7-4-8-14-11-13)12(16)15-9-5-10-18(2)17/h14H,3-11H2,1-2H3,(H,15,16). The number of carbonyl (C=O) groups is 1. The molecule has 0 saturated carbocycles. The monoisotopic (exact) mass is 274 g/mol. The summed E-state index contributed by atoms with van der Waals surface area (Å²) in [7, 11) is -0.762. The van der Waals surface area contributed by atoms with Crippen LogP contribution in [0.1, 0.15) is 39.0 Å². The molecular formula is C13H26N2O2S. The minimum absolute atomic E-state index is 0.179. The van der Waals surface area contributed by atoms with E-state index in [-0.39, 0.29) is 11.3 Å². The van der Waals surface area contributed by atoms with Gasteiger partial charge in [0.1, 0.15) is 0 Å². The van der Waals surface area contributed by atoms with Gasteiger partial charge in [-0.2, -0.15) is 0 Å². The number of nitrogens with one attached hydrogen (secondary N) is 2. The average molecular weight is 274 g/mol. The maximum absolute atomic E-state index is 12.3. The van der Waals surface area contributed by atoms with Gasteiger partial charge in [0.15, 0.2) is 0 Å². The largest absolute Gasteiger partial charge is 0.356 e. The van der Waals surface area contributed by atoms with Crippen LogP contribution in [0.15, 0.2) is 0 Å². The van der Waals surface area contributed by atoms with Gasteiger partial charge in [0.2, 0.25) is 5.91 Å². The summed E-state index contributed by atoms with van der Waals surface area (Å²) in [6.07, 6.45) is 6.54. The minimum atomic E-state index is -0.762. The van der Waals surface area contributed by atoms with Crippen molar-refractivity contribution < 1.29 is 9.00 Å². The van der Waals surface area contributed by atoms with Gasteiger partial charge in [-0.05, 0) is 32.2 Å². The molecule has 0 spiro atoms. The second-order valence-corrected chi connectivity index (χ2v) is 6.75. The molecule has 2 N–H and O–H groups in total. The molecule has 1 heterocycles. The van der Waals surface area contributed by atoms with E-state index in [1.807, 2.05) is 0 Å². The van der Waals surface area contributed by atoms with Gasteiger partial charge in [-0.1, -0.05) is 13.3 Å². The molecule has 106 valence electrons. The predicted octanol–water partition coefficient (Wildman–Crippen LogP) is 1.04. The molecule has 1 saturated heterocycles. The summed E-state index contributed by atoms with van der Waals surface area (Å²) in [6.45, 7) is 4.59. The van der Waals surface area contributed by atoms with Gasteiger partial charge < -0.3 is 10.6 Å². The summed E-state index contributed by atoms with van der Waals surface area (Å²) in [5, 5.41) is 6.36. The van der Waals surface area contributed by atoms with Gasteiger partial charge in [-0.3, -0.25) is 9.00 Å². The van der Waals surface area contributed by atoms with Crippen molar-refractivity contribution in [3.8, 4) is 0 Å². The Morgan fingerprint density at radius 2 is 2.28 bits per heavy atom. The van der Waals surface area contributed by atoms with Crippen molar-refractivity contribution in [2.75, 3.05) is 31.6 Å². The molecule has 2 unspecified atom stereocenters. The second-order valence-electron chi connectivity index (χ2n) is 5.20. The molecule has 2 atom stereocenters. The van der Waals surface area contributed by atoms with E-state index < -0.39 is 10.8 Å². The van der Waals surface area contributed by atoms with Crippen LogP contribution in [0.4, 0.5) is 0 Å². The Morgan fingerprint density at radius 3 is 2.83 bits per heavy atom. The van der Waals surface area contributed by atoms with E-state index >= 15 is 0 Å². The molecule has 1 amide bonds. The lowest BCUT2D eigenvalue weighted by molar-refractivity contribution is -0.132. The molecule has 0 aromatic heterocycles. The summed E-state index contributed by atoms with van der Waals surface area (Å²) in [5.74, 6) is 0.845. The molecule has 4 nitrogen and oxygen atoms in total. The average Bonchev–Trinajstić information content (AvgIpc) is 2.35. The third-order valence-corrected chi connectivity index (χ3v) is 4.44. The quantitative estimate of drug-likeness (QED) is 0.682. The van der Waals surface area contributed by atoms with Crippen LogP contribution in [0.3, 0.4) is 0 Å². The highest BCUT2D eigenvalue weighted by atomic mass is 32.2. The minimum Gasteiger partial charge on any atom is -0.356 e. The normalized spacial score (nSPS) is 25.7. The molecular weight excluding hydrogens is 248 g/mol. The predicted molar refractivity (Wildman–Crippen MR) is 76.0 cm³/mol. The molecule has 5 heteroatoms. The Balaban J connectivity index is 2.42. The van der Waals surface area contributed by atoms with Crippen LogP contribution in [-0.4, -0.2) is 41.8 Å². The molecule has 18 heavy (non-hydrogen) atoms. The topological polar surface area (TPSA) is 58.2 Å². The number of rotatable bonds is 7. The van der Waals surface area contributed by atoms with E-state index in [4.69, 9.17) is 0 Å². The fourth-order valence-corrected chi connectivity index (χ4v) is 3.18. The highest BCUT2D eigenvalue weighted by Gasteiger charge is 2.38. The van der Waals surface area contributed by atoms with Crippen LogP contribution in [0.2, 0.25) is 0 Å². The van der Waals surface area contributed by atoms with Crippen molar-refractivity contribution in [1.82, 2.24) is 10.6 Å². The maximum Gasteiger partial charge on any atom is 0.227 e. The summed E-state index contributed by atoms with van der Waals surface area (Å²) in [5.41, 5.74) is -0.210. The lowest BCUT2D eigenvalue weighted by atomic mass is 9.76. The molecule has 0 bridgehead atoms. The lowest BCUT2D eigenvalue weighted by Crippen LogP contribution is -2.50. The van der Waals surface area contributed by atoms with Gasteiger partial charge in [0.05, 0.1) is 5.41 Å². The summed E-state index contributed by atoms with van der Waals surface area (Å²) >= 11 is 0. The Bertz CT molecular complexity index is 283. The SMILES string of the molecule is CCCC1(C(=O)NCCCS(C)=O)CCCNC1. The Labute approximate surface area is 113 Å². The van der Waals surface area contributed by atoms with Crippen molar-refractivity contribution in [2.24, 2.45) is 5.41 Å². The third-order valence-electron chi connectivity index (χ3n) is 3.58. The summed E-state index contributed by atoms with van der Waals surface area (Å²) in [6, 6.07) is 0. The highest BCUT2D eigenvalue weighted by Crippen LogP contribution is 2.31. The van der Waals surface area contributed by atoms with E-state index in [2.05, 4.69) is 17.6 Å². The van der Waals surface area contributed by atoms with Gasteiger partial charge in [0, 0.05) is 35.9 Å². The van der Waals surface area contributed by atoms with Crippen LogP contribution in [0.25, 0.3) is 0 Å². The second kappa shape index (κ2) is 7.89. The van der Waals surface area contributed by atoms with Crippen molar-refractivity contribution in [1.29, 1.82) is 0 Å². The molecule has 0 radical (unpaired) electrons. The Hall–Kier alpha value is -0.420. The number of carbonyl (C=O) groups excluding carboxylic acids is 1. The first-order valence-electron chi connectivity index (χ1n) is 6.90. The van der Waals surface area contributed by atoms with Crippen molar-refractivity contribution >= 4 is 16.7 Å². The van der Waals surface area contributed by atoms with E-state index in [0.29, 0.717) is 12.3 Å². The van der Waals surface area contributed by atoms with Crippen molar-refractivity contribution in [2.45, 2.75) is 39.0 Å². The van der Waals surface area contributed by atoms with Crippen LogP contribution in [-0.2, 0) is 15.6 Å². The molecule has 1 rings (SSSR count). The zero-order valence-corrected chi connectivity index (χ0v) is 12.4. The van der Waals surface area contributed by atoms with E-state index in [0.717, 1.165) is 45.2 Å².